The third kappa shape index (κ3) is 4.49. The van der Waals surface area contributed by atoms with Gasteiger partial charge in [-0.25, -0.2) is 4.98 Å². The fourth-order valence-corrected chi connectivity index (χ4v) is 2.97. The van der Waals surface area contributed by atoms with Gasteiger partial charge < -0.3 is 20.4 Å². The number of Topliss-reactive ketones (excluding diaryl/α,β-unsaturated/α-hetero) is 1. The molecule has 8 nitrogen and oxygen atoms in total. The standard InChI is InChI=1S/C21H19ClN4O4/c1-3-16(27)18-19(24-11-23-18)21(29)25-12-8-9-15(17(10-12)30-2)26-20(28)13-6-4-5-7-14(13)22/h4-11H,3H2,1-2H3,(H,23,24)(H,25,29)(H,26,28). The van der Waals surface area contributed by atoms with Crippen LogP contribution in [0.3, 0.4) is 0 Å². The Labute approximate surface area is 177 Å². The van der Waals surface area contributed by atoms with E-state index in [4.69, 9.17) is 16.3 Å². The second kappa shape index (κ2) is 9.23. The van der Waals surface area contributed by atoms with Crippen LogP contribution in [0.4, 0.5) is 11.4 Å². The molecule has 3 aromatic rings. The van der Waals surface area contributed by atoms with Gasteiger partial charge in [-0.05, 0) is 24.3 Å². The molecule has 0 atom stereocenters. The largest absolute Gasteiger partial charge is 0.494 e. The van der Waals surface area contributed by atoms with E-state index < -0.39 is 11.8 Å². The van der Waals surface area contributed by atoms with Crippen LogP contribution in [0.15, 0.2) is 48.8 Å². The van der Waals surface area contributed by atoms with Gasteiger partial charge in [0.2, 0.25) is 0 Å². The Morgan fingerprint density at radius 1 is 1.10 bits per heavy atom. The average Bonchev–Trinajstić information content (AvgIpc) is 3.24. The zero-order chi connectivity index (χ0) is 21.7. The van der Waals surface area contributed by atoms with Crippen LogP contribution < -0.4 is 15.4 Å². The van der Waals surface area contributed by atoms with Crippen molar-refractivity contribution >= 4 is 40.6 Å². The van der Waals surface area contributed by atoms with Crippen LogP contribution in [0.2, 0.25) is 5.02 Å². The number of nitrogens with one attached hydrogen (secondary N) is 3. The summed E-state index contributed by atoms with van der Waals surface area (Å²) in [7, 11) is 1.44. The summed E-state index contributed by atoms with van der Waals surface area (Å²) in [6.07, 6.45) is 1.53. The van der Waals surface area contributed by atoms with Crippen LogP contribution in [-0.2, 0) is 0 Å². The van der Waals surface area contributed by atoms with E-state index in [0.29, 0.717) is 27.7 Å². The first-order valence-electron chi connectivity index (χ1n) is 9.06. The highest BCUT2D eigenvalue weighted by atomic mass is 35.5. The molecule has 0 aliphatic carbocycles. The first-order valence-corrected chi connectivity index (χ1v) is 9.44. The van der Waals surface area contributed by atoms with E-state index in [9.17, 15) is 14.4 Å². The maximum Gasteiger partial charge on any atom is 0.274 e. The van der Waals surface area contributed by atoms with E-state index >= 15 is 0 Å². The normalized spacial score (nSPS) is 10.4. The number of ether oxygens (including phenoxy) is 1. The number of anilines is 2. The molecule has 1 aromatic heterocycles. The molecule has 3 rings (SSSR count). The number of nitrogens with zero attached hydrogens (tertiary/aromatic N) is 1. The molecule has 1 heterocycles. The number of aromatic nitrogens is 2. The highest BCUT2D eigenvalue weighted by molar-refractivity contribution is 6.34. The quantitative estimate of drug-likeness (QED) is 0.491. The Kier molecular flexibility index (Phi) is 6.48. The van der Waals surface area contributed by atoms with Crippen molar-refractivity contribution in [3.05, 3.63) is 70.8 Å². The Hall–Kier alpha value is -3.65. The lowest BCUT2D eigenvalue weighted by Crippen LogP contribution is -2.17. The lowest BCUT2D eigenvalue weighted by Gasteiger charge is -2.13. The van der Waals surface area contributed by atoms with Crippen LogP contribution in [-0.4, -0.2) is 34.7 Å². The van der Waals surface area contributed by atoms with Crippen molar-refractivity contribution in [1.29, 1.82) is 0 Å². The number of amides is 2. The third-order valence-corrected chi connectivity index (χ3v) is 4.61. The topological polar surface area (TPSA) is 113 Å². The van der Waals surface area contributed by atoms with E-state index in [1.54, 1.807) is 49.4 Å². The molecule has 0 saturated heterocycles. The van der Waals surface area contributed by atoms with E-state index in [0.717, 1.165) is 0 Å². The summed E-state index contributed by atoms with van der Waals surface area (Å²) in [5.74, 6) is -0.811. The second-order valence-corrected chi connectivity index (χ2v) is 6.61. The Balaban J connectivity index is 1.78. The van der Waals surface area contributed by atoms with Crippen LogP contribution in [0.5, 0.6) is 5.75 Å². The van der Waals surface area contributed by atoms with Gasteiger partial charge in [0.25, 0.3) is 11.8 Å². The highest BCUT2D eigenvalue weighted by Crippen LogP contribution is 2.29. The molecule has 0 bridgehead atoms. The van der Waals surface area contributed by atoms with Crippen LogP contribution in [0, 0.1) is 0 Å². The second-order valence-electron chi connectivity index (χ2n) is 6.21. The van der Waals surface area contributed by atoms with Crippen LogP contribution in [0.25, 0.3) is 0 Å². The molecule has 0 saturated carbocycles. The number of carbonyl (C=O) groups is 3. The van der Waals surface area contributed by atoms with Crippen molar-refractivity contribution in [3.8, 4) is 5.75 Å². The highest BCUT2D eigenvalue weighted by Gasteiger charge is 2.20. The molecular weight excluding hydrogens is 408 g/mol. The molecule has 30 heavy (non-hydrogen) atoms. The maximum atomic E-state index is 12.5. The molecular formula is C21H19ClN4O4. The molecule has 154 valence electrons. The minimum Gasteiger partial charge on any atom is -0.494 e. The van der Waals surface area contributed by atoms with Crippen LogP contribution in [0.1, 0.15) is 44.7 Å². The van der Waals surface area contributed by atoms with Gasteiger partial charge >= 0.3 is 0 Å². The van der Waals surface area contributed by atoms with Gasteiger partial charge in [0.1, 0.15) is 17.1 Å². The van der Waals surface area contributed by atoms with Gasteiger partial charge in [-0.15, -0.1) is 0 Å². The number of aromatic amines is 1. The molecule has 9 heteroatoms. The molecule has 2 amide bonds. The monoisotopic (exact) mass is 426 g/mol. The van der Waals surface area contributed by atoms with Crippen molar-refractivity contribution in [2.24, 2.45) is 0 Å². The number of rotatable bonds is 7. The molecule has 0 spiro atoms. The first kappa shape index (κ1) is 21.1. The van der Waals surface area contributed by atoms with Crippen molar-refractivity contribution in [2.75, 3.05) is 17.7 Å². The lowest BCUT2D eigenvalue weighted by atomic mass is 10.1. The molecule has 2 aromatic carbocycles. The predicted octanol–water partition coefficient (Wildman–Crippen LogP) is 4.17. The summed E-state index contributed by atoms with van der Waals surface area (Å²) in [4.78, 5) is 43.5. The Morgan fingerprint density at radius 3 is 2.57 bits per heavy atom. The van der Waals surface area contributed by atoms with Crippen molar-refractivity contribution in [1.82, 2.24) is 9.97 Å². The van der Waals surface area contributed by atoms with Gasteiger partial charge in [0.15, 0.2) is 5.78 Å². The summed E-state index contributed by atoms with van der Waals surface area (Å²) in [5, 5.41) is 5.75. The number of methoxy groups -OCH3 is 1. The summed E-state index contributed by atoms with van der Waals surface area (Å²) < 4.78 is 5.33. The van der Waals surface area contributed by atoms with E-state index in [-0.39, 0.29) is 23.6 Å². The number of imidazole rings is 1. The lowest BCUT2D eigenvalue weighted by molar-refractivity contribution is 0.0963. The van der Waals surface area contributed by atoms with Gasteiger partial charge in [0, 0.05) is 18.2 Å². The number of hydrogen-bond acceptors (Lipinski definition) is 5. The maximum absolute atomic E-state index is 12.5. The fourth-order valence-electron chi connectivity index (χ4n) is 2.75. The summed E-state index contributed by atoms with van der Waals surface area (Å²) in [5.41, 5.74) is 1.31. The molecule has 0 aliphatic rings. The predicted molar refractivity (Wildman–Crippen MR) is 114 cm³/mol. The van der Waals surface area contributed by atoms with E-state index in [1.807, 2.05) is 0 Å². The van der Waals surface area contributed by atoms with Gasteiger partial charge in [-0.3, -0.25) is 14.4 Å². The molecule has 3 N–H and O–H groups in total. The number of H-pyrrole nitrogens is 1. The van der Waals surface area contributed by atoms with E-state index in [2.05, 4.69) is 20.6 Å². The number of ketones is 1. The zero-order valence-corrected chi connectivity index (χ0v) is 17.0. The number of benzene rings is 2. The summed E-state index contributed by atoms with van der Waals surface area (Å²) in [6, 6.07) is 11.4. The Morgan fingerprint density at radius 2 is 1.87 bits per heavy atom. The van der Waals surface area contributed by atoms with E-state index in [1.165, 1.54) is 13.4 Å². The number of carbonyl (C=O) groups excluding carboxylic acids is 3. The van der Waals surface area contributed by atoms with Crippen molar-refractivity contribution < 1.29 is 19.1 Å². The number of hydrogen-bond donors (Lipinski definition) is 3. The summed E-state index contributed by atoms with van der Waals surface area (Å²) >= 11 is 6.06. The van der Waals surface area contributed by atoms with Crippen LogP contribution >= 0.6 is 11.6 Å². The molecule has 0 unspecified atom stereocenters. The zero-order valence-electron chi connectivity index (χ0n) is 16.3. The van der Waals surface area contributed by atoms with Gasteiger partial charge in [-0.1, -0.05) is 30.7 Å². The number of halogens is 1. The SMILES string of the molecule is CCC(=O)c1nc[nH]c1C(=O)Nc1ccc(NC(=O)c2ccccc2Cl)c(OC)c1. The third-order valence-electron chi connectivity index (χ3n) is 4.28. The molecule has 0 radical (unpaired) electrons. The minimum absolute atomic E-state index is 0.0805. The fraction of sp³-hybridized carbons (Fsp3) is 0.143. The molecule has 0 aliphatic heterocycles. The Bertz CT molecular complexity index is 1110. The molecule has 0 fully saturated rings. The van der Waals surface area contributed by atoms with Crippen molar-refractivity contribution in [3.63, 3.8) is 0 Å². The average molecular weight is 427 g/mol. The summed E-state index contributed by atoms with van der Waals surface area (Å²) in [6.45, 7) is 1.69. The first-order chi connectivity index (χ1) is 14.4. The smallest absolute Gasteiger partial charge is 0.274 e. The van der Waals surface area contributed by atoms with Gasteiger partial charge in [-0.2, -0.15) is 0 Å². The van der Waals surface area contributed by atoms with Gasteiger partial charge in [0.05, 0.1) is 29.7 Å². The van der Waals surface area contributed by atoms with Crippen molar-refractivity contribution in [2.45, 2.75) is 13.3 Å². The minimum atomic E-state index is -0.515.